The van der Waals surface area contributed by atoms with Crippen molar-refractivity contribution < 1.29 is 4.74 Å². The molecule has 0 saturated carbocycles. The van der Waals surface area contributed by atoms with Crippen LogP contribution in [0, 0.1) is 5.92 Å². The fourth-order valence-electron chi connectivity index (χ4n) is 3.13. The molecule has 0 aromatic heterocycles. The zero-order valence-electron chi connectivity index (χ0n) is 11.2. The van der Waals surface area contributed by atoms with E-state index in [2.05, 4.69) is 53.0 Å². The van der Waals surface area contributed by atoms with Crippen LogP contribution in [-0.2, 0) is 0 Å². The minimum absolute atomic E-state index is 0.210. The third-order valence-electron chi connectivity index (χ3n) is 4.36. The van der Waals surface area contributed by atoms with Crippen molar-refractivity contribution in [1.82, 2.24) is 10.2 Å². The second-order valence-corrected chi connectivity index (χ2v) is 6.52. The molecule has 3 unspecified atom stereocenters. The van der Waals surface area contributed by atoms with Crippen molar-refractivity contribution in [3.63, 3.8) is 0 Å². The van der Waals surface area contributed by atoms with Crippen molar-refractivity contribution in [2.24, 2.45) is 5.92 Å². The van der Waals surface area contributed by atoms with Crippen LogP contribution in [0.15, 0.2) is 22.7 Å². The predicted octanol–water partition coefficient (Wildman–Crippen LogP) is 3.44. The number of halogens is 1. The molecule has 2 aliphatic heterocycles. The Morgan fingerprint density at radius 3 is 2.95 bits per heavy atom. The van der Waals surface area contributed by atoms with Gasteiger partial charge < -0.3 is 15.0 Å². The number of nitrogens with one attached hydrogen (secondary N) is 1. The minimum Gasteiger partial charge on any atom is -0.466 e. The lowest BCUT2D eigenvalue weighted by atomic mass is 9.81. The Labute approximate surface area is 127 Å². The van der Waals surface area contributed by atoms with E-state index >= 15 is 0 Å². The average molecular weight is 341 g/mol. The van der Waals surface area contributed by atoms with Gasteiger partial charge in [-0.15, -0.1) is 0 Å². The number of hydrogen-bond donors (Lipinski definition) is 1. The van der Waals surface area contributed by atoms with Gasteiger partial charge in [0.05, 0.1) is 10.5 Å². The second kappa shape index (κ2) is 4.35. The van der Waals surface area contributed by atoms with Gasteiger partial charge in [0.1, 0.15) is 5.75 Å². The predicted molar refractivity (Wildman–Crippen MR) is 83.2 cm³/mol. The molecule has 1 aromatic rings. The number of rotatable bonds is 1. The van der Waals surface area contributed by atoms with E-state index in [0.717, 1.165) is 21.9 Å². The van der Waals surface area contributed by atoms with Crippen LogP contribution < -0.4 is 10.1 Å². The summed E-state index contributed by atoms with van der Waals surface area (Å²) >= 11 is 9.08. The first-order chi connectivity index (χ1) is 8.99. The van der Waals surface area contributed by atoms with Crippen LogP contribution in [0.25, 0.3) is 0 Å². The Kier molecular flexibility index (Phi) is 3.02. The van der Waals surface area contributed by atoms with E-state index in [-0.39, 0.29) is 6.04 Å². The van der Waals surface area contributed by atoms with Gasteiger partial charge in [-0.05, 0) is 48.1 Å². The highest BCUT2D eigenvalue weighted by Gasteiger charge is 2.52. The lowest BCUT2D eigenvalue weighted by Crippen LogP contribution is -2.68. The molecule has 0 spiro atoms. The third-order valence-corrected chi connectivity index (χ3v) is 5.33. The van der Waals surface area contributed by atoms with E-state index in [4.69, 9.17) is 17.0 Å². The normalized spacial score (nSPS) is 32.4. The largest absolute Gasteiger partial charge is 0.466 e. The molecule has 2 heterocycles. The van der Waals surface area contributed by atoms with Crippen molar-refractivity contribution in [3.05, 3.63) is 28.2 Å². The lowest BCUT2D eigenvalue weighted by Gasteiger charge is -2.56. The molecular weight excluding hydrogens is 324 g/mol. The second-order valence-electron chi connectivity index (χ2n) is 5.27. The molecule has 19 heavy (non-hydrogen) atoms. The van der Waals surface area contributed by atoms with Crippen molar-refractivity contribution in [2.75, 3.05) is 6.54 Å². The summed E-state index contributed by atoms with van der Waals surface area (Å²) in [6.07, 6.45) is 0. The van der Waals surface area contributed by atoms with Crippen molar-refractivity contribution in [2.45, 2.75) is 32.5 Å². The van der Waals surface area contributed by atoms with Gasteiger partial charge in [0.25, 0.3) is 0 Å². The quantitative estimate of drug-likeness (QED) is 0.791. The van der Waals surface area contributed by atoms with Gasteiger partial charge in [0.15, 0.2) is 10.8 Å². The maximum absolute atomic E-state index is 6.36. The fraction of sp³-hybridized carbons (Fsp3) is 0.500. The minimum atomic E-state index is -0.390. The number of fused-ring (bicyclic) bond motifs is 4. The molecule has 2 aliphatic rings. The summed E-state index contributed by atoms with van der Waals surface area (Å²) in [6.45, 7) is 7.28. The highest BCUT2D eigenvalue weighted by atomic mass is 79.9. The number of benzene rings is 1. The first-order valence-corrected chi connectivity index (χ1v) is 7.74. The molecule has 2 bridgehead atoms. The molecule has 0 radical (unpaired) electrons. The van der Waals surface area contributed by atoms with Crippen molar-refractivity contribution in [3.8, 4) is 5.75 Å². The SMILES string of the molecule is CCN1C(=S)NC2c3cccc(Br)c3OC1(C)C2C. The zero-order chi connectivity index (χ0) is 13.8. The van der Waals surface area contributed by atoms with Crippen LogP contribution in [0.2, 0.25) is 0 Å². The van der Waals surface area contributed by atoms with E-state index in [9.17, 15) is 0 Å². The number of thiocarbonyl (C=S) groups is 1. The Balaban J connectivity index is 2.18. The average Bonchev–Trinajstić information content (AvgIpc) is 2.36. The van der Waals surface area contributed by atoms with Crippen LogP contribution in [0.5, 0.6) is 5.75 Å². The van der Waals surface area contributed by atoms with Gasteiger partial charge in [-0.1, -0.05) is 19.1 Å². The van der Waals surface area contributed by atoms with Gasteiger partial charge >= 0.3 is 0 Å². The highest BCUT2D eigenvalue weighted by Crippen LogP contribution is 2.49. The zero-order valence-corrected chi connectivity index (χ0v) is 13.6. The van der Waals surface area contributed by atoms with Gasteiger partial charge in [-0.2, -0.15) is 0 Å². The van der Waals surface area contributed by atoms with E-state index in [0.29, 0.717) is 5.92 Å². The van der Waals surface area contributed by atoms with Crippen LogP contribution >= 0.6 is 28.1 Å². The van der Waals surface area contributed by atoms with Crippen LogP contribution in [-0.4, -0.2) is 22.3 Å². The summed E-state index contributed by atoms with van der Waals surface area (Å²) in [7, 11) is 0. The first-order valence-electron chi connectivity index (χ1n) is 6.54. The summed E-state index contributed by atoms with van der Waals surface area (Å²) in [5.41, 5.74) is 0.788. The van der Waals surface area contributed by atoms with Crippen LogP contribution in [0.1, 0.15) is 32.4 Å². The number of para-hydroxylation sites is 1. The molecule has 0 amide bonds. The van der Waals surface area contributed by atoms with Gasteiger partial charge in [-0.25, -0.2) is 0 Å². The van der Waals surface area contributed by atoms with Crippen molar-refractivity contribution >= 4 is 33.3 Å². The first kappa shape index (κ1) is 13.2. The Morgan fingerprint density at radius 2 is 2.26 bits per heavy atom. The maximum atomic E-state index is 6.36. The Morgan fingerprint density at radius 1 is 1.53 bits per heavy atom. The van der Waals surface area contributed by atoms with Crippen LogP contribution in [0.4, 0.5) is 0 Å². The summed E-state index contributed by atoms with van der Waals surface area (Å²) in [4.78, 5) is 2.13. The Hall–Kier alpha value is -0.810. The molecule has 1 fully saturated rings. The standard InChI is InChI=1S/C14H17BrN2OS/c1-4-17-13(19)16-11-8(2)14(17,3)18-12-9(11)6-5-7-10(12)15/h5-8,11H,4H2,1-3H3,(H,16,19). The van der Waals surface area contributed by atoms with E-state index < -0.39 is 5.72 Å². The Bertz CT molecular complexity index is 550. The molecule has 3 rings (SSSR count). The molecule has 1 saturated heterocycles. The molecule has 5 heteroatoms. The van der Waals surface area contributed by atoms with Gasteiger partial charge in [0.2, 0.25) is 0 Å². The monoisotopic (exact) mass is 340 g/mol. The summed E-state index contributed by atoms with van der Waals surface area (Å²) < 4.78 is 7.36. The van der Waals surface area contributed by atoms with E-state index in [1.165, 1.54) is 5.56 Å². The molecule has 0 aliphatic carbocycles. The van der Waals surface area contributed by atoms with Crippen LogP contribution in [0.3, 0.4) is 0 Å². The topological polar surface area (TPSA) is 24.5 Å². The molecule has 1 aromatic carbocycles. The molecule has 102 valence electrons. The summed E-state index contributed by atoms with van der Waals surface area (Å²) in [5, 5.41) is 4.24. The number of ether oxygens (including phenoxy) is 1. The maximum Gasteiger partial charge on any atom is 0.186 e. The third kappa shape index (κ3) is 1.71. The fourth-order valence-corrected chi connectivity index (χ4v) is 4.03. The molecule has 3 atom stereocenters. The molecule has 1 N–H and O–H groups in total. The van der Waals surface area contributed by atoms with Gasteiger partial charge in [0, 0.05) is 18.0 Å². The van der Waals surface area contributed by atoms with Crippen molar-refractivity contribution in [1.29, 1.82) is 0 Å². The smallest absolute Gasteiger partial charge is 0.186 e. The van der Waals surface area contributed by atoms with Gasteiger partial charge in [-0.3, -0.25) is 0 Å². The van der Waals surface area contributed by atoms with E-state index in [1.54, 1.807) is 0 Å². The lowest BCUT2D eigenvalue weighted by molar-refractivity contribution is -0.109. The van der Waals surface area contributed by atoms with E-state index in [1.807, 2.05) is 12.1 Å². The highest BCUT2D eigenvalue weighted by molar-refractivity contribution is 9.10. The summed E-state index contributed by atoms with van der Waals surface area (Å²) in [5.74, 6) is 1.25. The summed E-state index contributed by atoms with van der Waals surface area (Å²) in [6, 6.07) is 6.38. The number of hydrogen-bond acceptors (Lipinski definition) is 2. The number of nitrogens with zero attached hydrogens (tertiary/aromatic N) is 1. The molecule has 3 nitrogen and oxygen atoms in total. The molecular formula is C14H17BrN2OS.